The number of imidazole rings is 1. The summed E-state index contributed by atoms with van der Waals surface area (Å²) in [6, 6.07) is 8.18. The van der Waals surface area contributed by atoms with Crippen molar-refractivity contribution in [1.29, 1.82) is 0 Å². The van der Waals surface area contributed by atoms with Crippen LogP contribution < -0.4 is 9.64 Å². The van der Waals surface area contributed by atoms with Crippen LogP contribution in [0.25, 0.3) is 16.9 Å². The highest BCUT2D eigenvalue weighted by atomic mass is 35.5. The van der Waals surface area contributed by atoms with Crippen LogP contribution in [0.2, 0.25) is 5.02 Å². The summed E-state index contributed by atoms with van der Waals surface area (Å²) in [7, 11) is 1.51. The second-order valence-electron chi connectivity index (χ2n) is 7.80. The van der Waals surface area contributed by atoms with Crippen LogP contribution >= 0.6 is 11.6 Å². The number of amides is 1. The van der Waals surface area contributed by atoms with Crippen molar-refractivity contribution in [3.63, 3.8) is 0 Å². The minimum Gasteiger partial charge on any atom is -0.495 e. The minimum absolute atomic E-state index is 0.195. The number of aromatic nitrogens is 5. The molecule has 0 fully saturated rings. The van der Waals surface area contributed by atoms with E-state index in [-0.39, 0.29) is 5.69 Å². The van der Waals surface area contributed by atoms with Gasteiger partial charge in [0.2, 0.25) is 5.91 Å². The molecular weight excluding hydrogens is 504 g/mol. The number of anilines is 1. The van der Waals surface area contributed by atoms with Crippen LogP contribution in [0.15, 0.2) is 55.1 Å². The summed E-state index contributed by atoms with van der Waals surface area (Å²) in [4.78, 5) is 17.5. The SMILES string of the molecule is COc1cc(-c2cn(CC(=O)N(CC(F)(F)F)c3ccc(F)c(Cl)c3)nn2)ccc1-n1cnc(C)c1. The average Bonchev–Trinajstić information content (AvgIpc) is 3.47. The fourth-order valence-electron chi connectivity index (χ4n) is 3.49. The monoisotopic (exact) mass is 522 g/mol. The molecule has 0 aliphatic heterocycles. The van der Waals surface area contributed by atoms with E-state index in [2.05, 4.69) is 15.3 Å². The topological polar surface area (TPSA) is 78.1 Å². The summed E-state index contributed by atoms with van der Waals surface area (Å²) in [5.74, 6) is -1.22. The standard InChI is InChI=1S/C23H19ClF4N6O2/c1-14-9-32(13-29-14)20-6-3-15(7-21(20)36-2)19-10-33(31-30-19)11-22(35)34(12-23(26,27)28)16-4-5-18(25)17(24)8-16/h3-10,13H,11-12H2,1-2H3. The highest BCUT2D eigenvalue weighted by Crippen LogP contribution is 2.30. The quantitative estimate of drug-likeness (QED) is 0.325. The fourth-order valence-corrected chi connectivity index (χ4v) is 3.67. The van der Waals surface area contributed by atoms with Gasteiger partial charge in [-0.05, 0) is 37.3 Å². The van der Waals surface area contributed by atoms with E-state index in [1.807, 2.05) is 13.1 Å². The number of carbonyl (C=O) groups is 1. The lowest BCUT2D eigenvalue weighted by Crippen LogP contribution is -2.41. The molecule has 0 saturated heterocycles. The fraction of sp³-hybridized carbons (Fsp3) is 0.217. The van der Waals surface area contributed by atoms with Crippen molar-refractivity contribution >= 4 is 23.2 Å². The lowest BCUT2D eigenvalue weighted by molar-refractivity contribution is -0.132. The molecule has 0 aliphatic carbocycles. The number of ether oxygens (including phenoxy) is 1. The number of methoxy groups -OCH3 is 1. The van der Waals surface area contributed by atoms with Gasteiger partial charge in [0.25, 0.3) is 0 Å². The molecule has 0 bridgehead atoms. The predicted molar refractivity (Wildman–Crippen MR) is 124 cm³/mol. The molecule has 0 aliphatic rings. The van der Waals surface area contributed by atoms with Crippen molar-refractivity contribution in [3.8, 4) is 22.7 Å². The average molecular weight is 523 g/mol. The first kappa shape index (κ1) is 25.2. The van der Waals surface area contributed by atoms with Crippen LogP contribution in [0.5, 0.6) is 5.75 Å². The molecule has 0 radical (unpaired) electrons. The Hall–Kier alpha value is -3.93. The number of benzene rings is 2. The maximum absolute atomic E-state index is 13.5. The first-order chi connectivity index (χ1) is 17.0. The number of halogens is 5. The summed E-state index contributed by atoms with van der Waals surface area (Å²) in [5, 5.41) is 7.50. The smallest absolute Gasteiger partial charge is 0.406 e. The summed E-state index contributed by atoms with van der Waals surface area (Å²) in [6.07, 6.45) is 0.212. The first-order valence-corrected chi connectivity index (χ1v) is 10.8. The van der Waals surface area contributed by atoms with Crippen LogP contribution in [0.3, 0.4) is 0 Å². The van der Waals surface area contributed by atoms with Crippen LogP contribution in [0.4, 0.5) is 23.2 Å². The maximum atomic E-state index is 13.5. The summed E-state index contributed by atoms with van der Waals surface area (Å²) < 4.78 is 61.4. The van der Waals surface area contributed by atoms with Crippen molar-refractivity contribution < 1.29 is 27.1 Å². The van der Waals surface area contributed by atoms with E-state index < -0.39 is 36.0 Å². The molecule has 0 atom stereocenters. The highest BCUT2D eigenvalue weighted by Gasteiger charge is 2.34. The van der Waals surface area contributed by atoms with Gasteiger partial charge in [-0.3, -0.25) is 4.79 Å². The molecule has 0 N–H and O–H groups in total. The van der Waals surface area contributed by atoms with E-state index >= 15 is 0 Å². The Labute approximate surface area is 207 Å². The zero-order chi connectivity index (χ0) is 26.0. The van der Waals surface area contributed by atoms with Crippen LogP contribution in [-0.4, -0.2) is 50.3 Å². The lowest BCUT2D eigenvalue weighted by atomic mass is 10.1. The zero-order valence-electron chi connectivity index (χ0n) is 19.0. The molecule has 0 spiro atoms. The Morgan fingerprint density at radius 2 is 1.94 bits per heavy atom. The van der Waals surface area contributed by atoms with E-state index in [0.29, 0.717) is 21.9 Å². The van der Waals surface area contributed by atoms with Gasteiger partial charge in [-0.15, -0.1) is 5.10 Å². The number of hydrogen-bond donors (Lipinski definition) is 0. The molecular formula is C23H19ClF4N6O2. The number of hydrogen-bond acceptors (Lipinski definition) is 5. The number of carbonyl (C=O) groups excluding carboxylic acids is 1. The van der Waals surface area contributed by atoms with E-state index in [1.165, 1.54) is 13.3 Å². The molecule has 8 nitrogen and oxygen atoms in total. The van der Waals surface area contributed by atoms with Gasteiger partial charge < -0.3 is 14.2 Å². The summed E-state index contributed by atoms with van der Waals surface area (Å²) >= 11 is 5.70. The van der Waals surface area contributed by atoms with Gasteiger partial charge >= 0.3 is 6.18 Å². The molecule has 36 heavy (non-hydrogen) atoms. The molecule has 4 aromatic rings. The van der Waals surface area contributed by atoms with E-state index in [9.17, 15) is 22.4 Å². The van der Waals surface area contributed by atoms with Gasteiger partial charge in [-0.2, -0.15) is 13.2 Å². The molecule has 0 saturated carbocycles. The minimum atomic E-state index is -4.70. The second-order valence-corrected chi connectivity index (χ2v) is 8.21. The predicted octanol–water partition coefficient (Wildman–Crippen LogP) is 4.84. The van der Waals surface area contributed by atoms with Crippen molar-refractivity contribution in [2.24, 2.45) is 0 Å². The molecule has 0 unspecified atom stereocenters. The number of nitrogens with zero attached hydrogens (tertiary/aromatic N) is 6. The van der Waals surface area contributed by atoms with Gasteiger partial charge in [-0.1, -0.05) is 22.9 Å². The highest BCUT2D eigenvalue weighted by molar-refractivity contribution is 6.31. The normalized spacial score (nSPS) is 11.5. The molecule has 4 rings (SSSR count). The van der Waals surface area contributed by atoms with Crippen molar-refractivity contribution in [2.45, 2.75) is 19.6 Å². The number of aryl methyl sites for hydroxylation is 1. The Morgan fingerprint density at radius 3 is 2.58 bits per heavy atom. The Bertz CT molecular complexity index is 1400. The third-order valence-corrected chi connectivity index (χ3v) is 5.44. The zero-order valence-corrected chi connectivity index (χ0v) is 19.8. The Kier molecular flexibility index (Phi) is 6.97. The molecule has 188 valence electrons. The Morgan fingerprint density at radius 1 is 1.17 bits per heavy atom. The van der Waals surface area contributed by atoms with E-state index in [1.54, 1.807) is 29.1 Å². The van der Waals surface area contributed by atoms with E-state index in [4.69, 9.17) is 16.3 Å². The molecule has 13 heteroatoms. The van der Waals surface area contributed by atoms with Gasteiger partial charge in [0.15, 0.2) is 0 Å². The summed E-state index contributed by atoms with van der Waals surface area (Å²) in [5.41, 5.74) is 2.37. The van der Waals surface area contributed by atoms with E-state index in [0.717, 1.165) is 34.3 Å². The first-order valence-electron chi connectivity index (χ1n) is 10.5. The molecule has 2 heterocycles. The van der Waals surface area contributed by atoms with Crippen LogP contribution in [-0.2, 0) is 11.3 Å². The van der Waals surface area contributed by atoms with Crippen molar-refractivity contribution in [3.05, 3.63) is 71.7 Å². The summed E-state index contributed by atoms with van der Waals surface area (Å²) in [6.45, 7) is -0.263. The number of rotatable bonds is 7. The number of alkyl halides is 3. The lowest BCUT2D eigenvalue weighted by Gasteiger charge is -2.24. The van der Waals surface area contributed by atoms with Crippen molar-refractivity contribution in [1.82, 2.24) is 24.5 Å². The maximum Gasteiger partial charge on any atom is 0.406 e. The van der Waals surface area contributed by atoms with Gasteiger partial charge in [0.1, 0.15) is 30.4 Å². The Balaban J connectivity index is 1.57. The van der Waals surface area contributed by atoms with Crippen LogP contribution in [0.1, 0.15) is 5.69 Å². The largest absolute Gasteiger partial charge is 0.495 e. The third kappa shape index (κ3) is 5.65. The molecule has 2 aromatic heterocycles. The van der Waals surface area contributed by atoms with Crippen molar-refractivity contribution in [2.75, 3.05) is 18.6 Å². The molecule has 1 amide bonds. The van der Waals surface area contributed by atoms with Gasteiger partial charge in [-0.25, -0.2) is 14.1 Å². The molecule has 2 aromatic carbocycles. The second kappa shape index (κ2) is 9.97. The van der Waals surface area contributed by atoms with Gasteiger partial charge in [0, 0.05) is 17.4 Å². The third-order valence-electron chi connectivity index (χ3n) is 5.15. The van der Waals surface area contributed by atoms with Crippen LogP contribution in [0, 0.1) is 12.7 Å². The van der Waals surface area contributed by atoms with Gasteiger partial charge in [0.05, 0.1) is 36.0 Å².